The van der Waals surface area contributed by atoms with Crippen molar-refractivity contribution in [3.63, 3.8) is 0 Å². The van der Waals surface area contributed by atoms with Crippen molar-refractivity contribution in [1.82, 2.24) is 0 Å². The van der Waals surface area contributed by atoms with Gasteiger partial charge in [-0.25, -0.2) is 0 Å². The van der Waals surface area contributed by atoms with Crippen LogP contribution in [0.3, 0.4) is 0 Å². The summed E-state index contributed by atoms with van der Waals surface area (Å²) < 4.78 is 5.38. The predicted molar refractivity (Wildman–Crippen MR) is 74.4 cm³/mol. The molecule has 1 fully saturated rings. The molecule has 1 amide bonds. The van der Waals surface area contributed by atoms with Gasteiger partial charge in [-0.05, 0) is 18.6 Å². The van der Waals surface area contributed by atoms with Crippen molar-refractivity contribution >= 4 is 17.3 Å². The molecule has 2 unspecified atom stereocenters. The minimum absolute atomic E-state index is 0.0386. The lowest BCUT2D eigenvalue weighted by molar-refractivity contribution is -0.118. The topological polar surface area (TPSA) is 58.8 Å². The first-order valence-corrected chi connectivity index (χ1v) is 6.56. The van der Waals surface area contributed by atoms with E-state index in [1.807, 2.05) is 12.1 Å². The van der Waals surface area contributed by atoms with Crippen LogP contribution in [0.1, 0.15) is 18.0 Å². The Morgan fingerprint density at radius 2 is 2.21 bits per heavy atom. The van der Waals surface area contributed by atoms with Crippen molar-refractivity contribution in [2.45, 2.75) is 18.6 Å². The molecule has 0 bridgehead atoms. The van der Waals surface area contributed by atoms with Gasteiger partial charge in [0, 0.05) is 38.5 Å². The summed E-state index contributed by atoms with van der Waals surface area (Å²) in [5.74, 6) is -0.0386. The van der Waals surface area contributed by atoms with E-state index in [4.69, 9.17) is 10.5 Å². The van der Waals surface area contributed by atoms with Crippen LogP contribution < -0.4 is 15.5 Å². The Morgan fingerprint density at radius 3 is 2.89 bits per heavy atom. The lowest BCUT2D eigenvalue weighted by Gasteiger charge is -2.20. The lowest BCUT2D eigenvalue weighted by atomic mass is 10.1. The number of fused-ring (bicyclic) bond motifs is 1. The van der Waals surface area contributed by atoms with E-state index in [0.717, 1.165) is 36.4 Å². The minimum atomic E-state index is -0.514. The van der Waals surface area contributed by atoms with Gasteiger partial charge in [-0.15, -0.1) is 0 Å². The van der Waals surface area contributed by atoms with E-state index in [0.29, 0.717) is 6.10 Å². The number of rotatable bonds is 2. The first kappa shape index (κ1) is 12.4. The number of likely N-dealkylation sites (N-methyl/N-ethyl adjacent to an activating group) is 1. The van der Waals surface area contributed by atoms with Gasteiger partial charge in [0.15, 0.2) is 0 Å². The average molecular weight is 261 g/mol. The van der Waals surface area contributed by atoms with Gasteiger partial charge >= 0.3 is 0 Å². The third-order valence-corrected chi connectivity index (χ3v) is 4.15. The second kappa shape index (κ2) is 4.51. The quantitative estimate of drug-likeness (QED) is 0.859. The first-order chi connectivity index (χ1) is 9.11. The number of carbonyl (C=O) groups is 1. The Morgan fingerprint density at radius 1 is 1.42 bits per heavy atom. The fraction of sp³-hybridized carbons (Fsp3) is 0.500. The van der Waals surface area contributed by atoms with Crippen molar-refractivity contribution in [1.29, 1.82) is 0 Å². The van der Waals surface area contributed by atoms with E-state index in [-0.39, 0.29) is 5.91 Å². The van der Waals surface area contributed by atoms with E-state index >= 15 is 0 Å². The zero-order chi connectivity index (χ0) is 13.6. The number of amides is 1. The molecule has 0 aliphatic carbocycles. The van der Waals surface area contributed by atoms with Gasteiger partial charge in [-0.3, -0.25) is 4.79 Å². The summed E-state index contributed by atoms with van der Waals surface area (Å²) in [6.07, 6.45) is 1.34. The summed E-state index contributed by atoms with van der Waals surface area (Å²) in [6, 6.07) is 5.55. The Balaban J connectivity index is 1.89. The number of ether oxygens (including phenoxy) is 1. The molecule has 3 rings (SSSR count). The summed E-state index contributed by atoms with van der Waals surface area (Å²) in [5.41, 5.74) is 8.88. The number of nitrogens with two attached hydrogens (primary N) is 1. The summed E-state index contributed by atoms with van der Waals surface area (Å²) in [7, 11) is 3.53. The smallest absolute Gasteiger partial charge is 0.248 e. The normalized spacial score (nSPS) is 26.2. The molecule has 0 saturated carbocycles. The summed E-state index contributed by atoms with van der Waals surface area (Å²) in [4.78, 5) is 15.8. The van der Waals surface area contributed by atoms with Crippen LogP contribution in [-0.4, -0.2) is 39.3 Å². The molecule has 5 heteroatoms. The molecule has 19 heavy (non-hydrogen) atoms. The Kier molecular flexibility index (Phi) is 2.95. The fourth-order valence-corrected chi connectivity index (χ4v) is 2.90. The lowest BCUT2D eigenvalue weighted by Crippen LogP contribution is -2.28. The van der Waals surface area contributed by atoms with Crippen molar-refractivity contribution in [2.75, 3.05) is 37.0 Å². The van der Waals surface area contributed by atoms with Crippen molar-refractivity contribution < 1.29 is 9.53 Å². The SMILES string of the molecule is COC1CCN(c2ccc3c(c2)N(C)C(=O)C3N)C1. The molecule has 2 heterocycles. The molecule has 1 saturated heterocycles. The monoisotopic (exact) mass is 261 g/mol. The van der Waals surface area contributed by atoms with Crippen LogP contribution in [-0.2, 0) is 9.53 Å². The summed E-state index contributed by atoms with van der Waals surface area (Å²) >= 11 is 0. The van der Waals surface area contributed by atoms with Crippen LogP contribution in [0, 0.1) is 0 Å². The van der Waals surface area contributed by atoms with E-state index in [1.54, 1.807) is 19.1 Å². The average Bonchev–Trinajstić information content (AvgIpc) is 2.99. The molecule has 0 spiro atoms. The maximum absolute atomic E-state index is 11.9. The van der Waals surface area contributed by atoms with Gasteiger partial charge < -0.3 is 20.3 Å². The predicted octanol–water partition coefficient (Wildman–Crippen LogP) is 0.888. The number of methoxy groups -OCH3 is 1. The zero-order valence-electron chi connectivity index (χ0n) is 11.3. The van der Waals surface area contributed by atoms with Crippen molar-refractivity contribution in [3.8, 4) is 0 Å². The van der Waals surface area contributed by atoms with Crippen LogP contribution in [0.15, 0.2) is 18.2 Å². The number of hydrogen-bond donors (Lipinski definition) is 1. The Bertz CT molecular complexity index is 517. The van der Waals surface area contributed by atoms with E-state index in [1.165, 1.54) is 0 Å². The third-order valence-electron chi connectivity index (χ3n) is 4.15. The minimum Gasteiger partial charge on any atom is -0.380 e. The van der Waals surface area contributed by atoms with Gasteiger partial charge in [0.05, 0.1) is 11.8 Å². The van der Waals surface area contributed by atoms with E-state index < -0.39 is 6.04 Å². The maximum atomic E-state index is 11.9. The molecule has 2 atom stereocenters. The van der Waals surface area contributed by atoms with Crippen LogP contribution >= 0.6 is 0 Å². The molecular formula is C14H19N3O2. The standard InChI is InChI=1S/C14H19N3O2/c1-16-12-7-9(17-6-5-10(8-17)19-2)3-4-11(12)13(15)14(16)18/h3-4,7,10,13H,5-6,8,15H2,1-2H3. The third kappa shape index (κ3) is 1.89. The molecule has 1 aromatic carbocycles. The Hall–Kier alpha value is -1.59. The van der Waals surface area contributed by atoms with Crippen LogP contribution in [0.5, 0.6) is 0 Å². The van der Waals surface area contributed by atoms with Gasteiger partial charge in [0.25, 0.3) is 0 Å². The van der Waals surface area contributed by atoms with Crippen LogP contribution in [0.4, 0.5) is 11.4 Å². The highest BCUT2D eigenvalue weighted by Crippen LogP contribution is 2.37. The number of anilines is 2. The summed E-state index contributed by atoms with van der Waals surface area (Å²) in [5, 5.41) is 0. The van der Waals surface area contributed by atoms with E-state index in [9.17, 15) is 4.79 Å². The Labute approximate surface area is 112 Å². The largest absolute Gasteiger partial charge is 0.380 e. The van der Waals surface area contributed by atoms with Gasteiger partial charge in [0.1, 0.15) is 6.04 Å². The van der Waals surface area contributed by atoms with E-state index in [2.05, 4.69) is 11.0 Å². The maximum Gasteiger partial charge on any atom is 0.248 e. The highest BCUT2D eigenvalue weighted by Gasteiger charge is 2.33. The second-order valence-corrected chi connectivity index (χ2v) is 5.21. The van der Waals surface area contributed by atoms with Crippen molar-refractivity contribution in [2.24, 2.45) is 5.73 Å². The van der Waals surface area contributed by atoms with Crippen molar-refractivity contribution in [3.05, 3.63) is 23.8 Å². The summed E-state index contributed by atoms with van der Waals surface area (Å²) in [6.45, 7) is 1.89. The highest BCUT2D eigenvalue weighted by molar-refractivity contribution is 6.04. The number of carbonyl (C=O) groups excluding carboxylic acids is 1. The van der Waals surface area contributed by atoms with Gasteiger partial charge in [0.2, 0.25) is 5.91 Å². The number of hydrogen-bond acceptors (Lipinski definition) is 4. The fourth-order valence-electron chi connectivity index (χ4n) is 2.90. The van der Waals surface area contributed by atoms with Gasteiger partial charge in [-0.1, -0.05) is 6.07 Å². The first-order valence-electron chi connectivity index (χ1n) is 6.56. The molecule has 2 aliphatic rings. The molecular weight excluding hydrogens is 242 g/mol. The molecule has 0 aromatic heterocycles. The van der Waals surface area contributed by atoms with Crippen LogP contribution in [0.25, 0.3) is 0 Å². The number of benzene rings is 1. The molecule has 1 aromatic rings. The molecule has 2 aliphatic heterocycles. The molecule has 2 N–H and O–H groups in total. The zero-order valence-corrected chi connectivity index (χ0v) is 11.3. The highest BCUT2D eigenvalue weighted by atomic mass is 16.5. The van der Waals surface area contributed by atoms with Crippen LogP contribution in [0.2, 0.25) is 0 Å². The molecule has 5 nitrogen and oxygen atoms in total. The van der Waals surface area contributed by atoms with Gasteiger partial charge in [-0.2, -0.15) is 0 Å². The molecule has 102 valence electrons. The molecule has 0 radical (unpaired) electrons. The second-order valence-electron chi connectivity index (χ2n) is 5.21. The number of nitrogens with zero attached hydrogens (tertiary/aromatic N) is 2.